The van der Waals surface area contributed by atoms with Crippen molar-refractivity contribution < 1.29 is 13.2 Å². The second-order valence-electron chi connectivity index (χ2n) is 7.98. The average molecular weight is 431 g/mol. The number of aromatic nitrogens is 2. The van der Waals surface area contributed by atoms with Gasteiger partial charge in [-0.2, -0.15) is 4.31 Å². The smallest absolute Gasteiger partial charge is 0.214 e. The summed E-state index contributed by atoms with van der Waals surface area (Å²) in [5, 5.41) is 0. The molecule has 0 spiro atoms. The third kappa shape index (κ3) is 3.90. The van der Waals surface area contributed by atoms with E-state index in [9.17, 15) is 8.42 Å². The van der Waals surface area contributed by atoms with Crippen LogP contribution in [0.2, 0.25) is 0 Å². The third-order valence-corrected chi connectivity index (χ3v) is 8.02. The normalized spacial score (nSPS) is 19.7. The van der Waals surface area contributed by atoms with Crippen molar-refractivity contribution in [3.05, 3.63) is 46.9 Å². The van der Waals surface area contributed by atoms with Gasteiger partial charge in [-0.15, -0.1) is 0 Å². The van der Waals surface area contributed by atoms with Crippen LogP contribution in [0.1, 0.15) is 54.9 Å². The highest BCUT2D eigenvalue weighted by Crippen LogP contribution is 2.36. The van der Waals surface area contributed by atoms with Crippen molar-refractivity contribution in [3.63, 3.8) is 0 Å². The Labute approximate surface area is 179 Å². The summed E-state index contributed by atoms with van der Waals surface area (Å²) in [5.74, 6) is 2.54. The van der Waals surface area contributed by atoms with Crippen LogP contribution < -0.4 is 9.64 Å². The van der Waals surface area contributed by atoms with E-state index in [1.807, 2.05) is 25.1 Å². The van der Waals surface area contributed by atoms with E-state index in [0.29, 0.717) is 18.9 Å². The summed E-state index contributed by atoms with van der Waals surface area (Å²) in [5.41, 5.74) is 3.24. The number of para-hydroxylation sites is 1. The summed E-state index contributed by atoms with van der Waals surface area (Å²) in [4.78, 5) is 12.0. The lowest BCUT2D eigenvalue weighted by Crippen LogP contribution is -2.35. The van der Waals surface area contributed by atoms with Gasteiger partial charge in [0.1, 0.15) is 17.4 Å². The number of anilines is 1. The van der Waals surface area contributed by atoms with Crippen molar-refractivity contribution in [2.75, 3.05) is 30.9 Å². The standard InChI is InChI=1S/C22H30N4O3S/c1-4-30(27,28)26-14-8-11-19(26)21-23-16(2)18-10-7-13-25(22(18)24-21)15-17-9-5-6-12-20(17)29-3/h5-6,9,12,19H,4,7-8,10-11,13-15H2,1-3H3/t19-/m0/s1. The molecule has 8 heteroatoms. The summed E-state index contributed by atoms with van der Waals surface area (Å²) < 4.78 is 32.3. The SMILES string of the molecule is CCS(=O)(=O)N1CCC[C@H]1c1nc(C)c2c(n1)N(Cc1ccccc1OC)CCC2. The summed E-state index contributed by atoms with van der Waals surface area (Å²) in [7, 11) is -1.59. The molecular formula is C22H30N4O3S. The first-order valence-electron chi connectivity index (χ1n) is 10.7. The van der Waals surface area contributed by atoms with Gasteiger partial charge in [-0.05, 0) is 45.6 Å². The van der Waals surface area contributed by atoms with Crippen molar-refractivity contribution in [2.45, 2.75) is 52.1 Å². The first-order valence-corrected chi connectivity index (χ1v) is 12.3. The lowest BCUT2D eigenvalue weighted by atomic mass is 10.0. The Morgan fingerprint density at radius 2 is 1.97 bits per heavy atom. The van der Waals surface area contributed by atoms with Crippen LogP contribution in [0.3, 0.4) is 0 Å². The van der Waals surface area contributed by atoms with E-state index in [1.54, 1.807) is 18.3 Å². The number of rotatable bonds is 6. The van der Waals surface area contributed by atoms with Crippen molar-refractivity contribution in [1.29, 1.82) is 0 Å². The number of nitrogens with zero attached hydrogens (tertiary/aromatic N) is 4. The molecular weight excluding hydrogens is 400 g/mol. The van der Waals surface area contributed by atoms with Gasteiger partial charge < -0.3 is 9.64 Å². The lowest BCUT2D eigenvalue weighted by molar-refractivity contribution is 0.382. The number of hydrogen-bond donors (Lipinski definition) is 0. The predicted octanol–water partition coefficient (Wildman–Crippen LogP) is 3.23. The first-order chi connectivity index (χ1) is 14.4. The zero-order chi connectivity index (χ0) is 21.3. The number of fused-ring (bicyclic) bond motifs is 1. The molecule has 4 rings (SSSR count). The van der Waals surface area contributed by atoms with E-state index in [1.165, 1.54) is 5.56 Å². The van der Waals surface area contributed by atoms with Gasteiger partial charge in [0.15, 0.2) is 0 Å². The molecule has 30 heavy (non-hydrogen) atoms. The van der Waals surface area contributed by atoms with Crippen molar-refractivity contribution in [3.8, 4) is 5.75 Å². The Morgan fingerprint density at radius 1 is 1.17 bits per heavy atom. The van der Waals surface area contributed by atoms with E-state index in [4.69, 9.17) is 14.7 Å². The molecule has 0 bridgehead atoms. The number of benzene rings is 1. The molecule has 0 N–H and O–H groups in total. The van der Waals surface area contributed by atoms with Crippen LogP contribution in [-0.2, 0) is 23.0 Å². The number of hydrogen-bond acceptors (Lipinski definition) is 6. The fourth-order valence-electron chi connectivity index (χ4n) is 4.55. The monoisotopic (exact) mass is 430 g/mol. The zero-order valence-electron chi connectivity index (χ0n) is 18.0. The molecule has 0 aliphatic carbocycles. The Balaban J connectivity index is 1.71. The lowest BCUT2D eigenvalue weighted by Gasteiger charge is -2.32. The molecule has 7 nitrogen and oxygen atoms in total. The second-order valence-corrected chi connectivity index (χ2v) is 10.2. The summed E-state index contributed by atoms with van der Waals surface area (Å²) in [6.07, 6.45) is 3.61. The maximum atomic E-state index is 12.6. The quantitative estimate of drug-likeness (QED) is 0.700. The third-order valence-electron chi connectivity index (χ3n) is 6.14. The van der Waals surface area contributed by atoms with Crippen LogP contribution >= 0.6 is 0 Å². The van der Waals surface area contributed by atoms with Crippen LogP contribution in [-0.4, -0.2) is 48.6 Å². The van der Waals surface area contributed by atoms with Crippen LogP contribution in [0, 0.1) is 6.92 Å². The van der Waals surface area contributed by atoms with Crippen LogP contribution in [0.15, 0.2) is 24.3 Å². The molecule has 2 aliphatic rings. The van der Waals surface area contributed by atoms with Gasteiger partial charge in [0.2, 0.25) is 10.0 Å². The van der Waals surface area contributed by atoms with Gasteiger partial charge >= 0.3 is 0 Å². The van der Waals surface area contributed by atoms with Crippen LogP contribution in [0.25, 0.3) is 0 Å². The average Bonchev–Trinajstić information content (AvgIpc) is 3.25. The molecule has 0 unspecified atom stereocenters. The maximum absolute atomic E-state index is 12.6. The molecule has 162 valence electrons. The zero-order valence-corrected chi connectivity index (χ0v) is 18.8. The molecule has 0 radical (unpaired) electrons. The Bertz CT molecular complexity index is 1030. The largest absolute Gasteiger partial charge is 0.496 e. The Kier molecular flexibility index (Phi) is 5.97. The molecule has 2 aliphatic heterocycles. The van der Waals surface area contributed by atoms with Gasteiger partial charge in [-0.1, -0.05) is 18.2 Å². The van der Waals surface area contributed by atoms with Gasteiger partial charge in [0.05, 0.1) is 18.9 Å². The minimum Gasteiger partial charge on any atom is -0.496 e. The predicted molar refractivity (Wildman–Crippen MR) is 117 cm³/mol. The fourth-order valence-corrected chi connectivity index (χ4v) is 5.87. The van der Waals surface area contributed by atoms with Crippen molar-refractivity contribution in [1.82, 2.24) is 14.3 Å². The van der Waals surface area contributed by atoms with E-state index >= 15 is 0 Å². The second kappa shape index (κ2) is 8.51. The number of aryl methyl sites for hydroxylation is 1. The van der Waals surface area contributed by atoms with Gasteiger partial charge in [-0.3, -0.25) is 0 Å². The molecule has 1 fully saturated rings. The topological polar surface area (TPSA) is 75.6 Å². The molecule has 1 saturated heterocycles. The number of sulfonamides is 1. The first kappa shape index (κ1) is 21.1. The highest BCUT2D eigenvalue weighted by Gasteiger charge is 2.37. The molecule has 0 saturated carbocycles. The number of methoxy groups -OCH3 is 1. The molecule has 1 atom stereocenters. The molecule has 0 amide bonds. The van der Waals surface area contributed by atoms with E-state index in [-0.39, 0.29) is 11.8 Å². The molecule has 1 aromatic carbocycles. The highest BCUT2D eigenvalue weighted by molar-refractivity contribution is 7.89. The van der Waals surface area contributed by atoms with E-state index < -0.39 is 10.0 Å². The van der Waals surface area contributed by atoms with Gasteiger partial charge in [0.25, 0.3) is 0 Å². The Hall–Kier alpha value is -2.19. The van der Waals surface area contributed by atoms with Crippen molar-refractivity contribution in [2.24, 2.45) is 0 Å². The summed E-state index contributed by atoms with van der Waals surface area (Å²) in [6, 6.07) is 7.77. The fraction of sp³-hybridized carbons (Fsp3) is 0.545. The van der Waals surface area contributed by atoms with Crippen LogP contribution in [0.5, 0.6) is 5.75 Å². The summed E-state index contributed by atoms with van der Waals surface area (Å²) in [6.45, 7) is 5.87. The molecule has 2 aromatic rings. The van der Waals surface area contributed by atoms with E-state index in [2.05, 4.69) is 11.0 Å². The van der Waals surface area contributed by atoms with Gasteiger partial charge in [0, 0.05) is 36.5 Å². The van der Waals surface area contributed by atoms with E-state index in [0.717, 1.165) is 55.1 Å². The molecule has 3 heterocycles. The van der Waals surface area contributed by atoms with Crippen LogP contribution in [0.4, 0.5) is 5.82 Å². The summed E-state index contributed by atoms with van der Waals surface area (Å²) >= 11 is 0. The van der Waals surface area contributed by atoms with Gasteiger partial charge in [-0.25, -0.2) is 18.4 Å². The molecule has 1 aromatic heterocycles. The number of ether oxygens (including phenoxy) is 1. The minimum atomic E-state index is -3.28. The highest BCUT2D eigenvalue weighted by atomic mass is 32.2. The minimum absolute atomic E-state index is 0.105. The Morgan fingerprint density at radius 3 is 2.73 bits per heavy atom. The maximum Gasteiger partial charge on any atom is 0.214 e. The van der Waals surface area contributed by atoms with Crippen molar-refractivity contribution >= 4 is 15.8 Å².